The van der Waals surface area contributed by atoms with Gasteiger partial charge in [0.15, 0.2) is 11.5 Å². The summed E-state index contributed by atoms with van der Waals surface area (Å²) in [6, 6.07) is 0. The minimum absolute atomic E-state index is 0.0277. The predicted octanol–water partition coefficient (Wildman–Crippen LogP) is 3.11. The number of rotatable bonds is 6. The van der Waals surface area contributed by atoms with Gasteiger partial charge in [-0.1, -0.05) is 13.8 Å². The molecule has 1 aliphatic heterocycles. The van der Waals surface area contributed by atoms with Crippen molar-refractivity contribution in [1.82, 2.24) is 9.78 Å². The van der Waals surface area contributed by atoms with Crippen LogP contribution in [-0.4, -0.2) is 44.7 Å². The Balaban J connectivity index is 2.28. The minimum atomic E-state index is 0.0277. The van der Waals surface area contributed by atoms with E-state index in [1.807, 2.05) is 11.8 Å². The number of ketones is 1. The van der Waals surface area contributed by atoms with Gasteiger partial charge in [0.1, 0.15) is 5.69 Å². The van der Waals surface area contributed by atoms with Crippen molar-refractivity contribution in [3.8, 4) is 5.75 Å². The third kappa shape index (κ3) is 3.17. The van der Waals surface area contributed by atoms with Crippen LogP contribution in [0.5, 0.6) is 5.75 Å². The molecule has 1 saturated heterocycles. The summed E-state index contributed by atoms with van der Waals surface area (Å²) in [4.78, 5) is 12.9. The molecule has 20 heavy (non-hydrogen) atoms. The molecule has 0 saturated carbocycles. The van der Waals surface area contributed by atoms with Crippen LogP contribution in [0.3, 0.4) is 0 Å². The van der Waals surface area contributed by atoms with Gasteiger partial charge in [-0.3, -0.25) is 9.48 Å². The molecule has 0 bridgehead atoms. The first-order valence-electron chi connectivity index (χ1n) is 7.10. The highest BCUT2D eigenvalue weighted by Gasteiger charge is 2.35. The number of hydrogen-bond acceptors (Lipinski definition) is 5. The average molecular weight is 314 g/mol. The molecule has 0 aliphatic carbocycles. The van der Waals surface area contributed by atoms with Crippen molar-refractivity contribution in [1.29, 1.82) is 0 Å². The Morgan fingerprint density at radius 3 is 2.85 bits per heavy atom. The van der Waals surface area contributed by atoms with E-state index in [4.69, 9.17) is 4.74 Å². The monoisotopic (exact) mass is 314 g/mol. The van der Waals surface area contributed by atoms with Crippen LogP contribution in [0.15, 0.2) is 6.20 Å². The Bertz CT molecular complexity index is 462. The molecule has 112 valence electrons. The second kappa shape index (κ2) is 7.41. The van der Waals surface area contributed by atoms with Crippen LogP contribution in [-0.2, 0) is 6.54 Å². The third-order valence-corrected chi connectivity index (χ3v) is 6.65. The van der Waals surface area contributed by atoms with Gasteiger partial charge in [0.05, 0.1) is 18.6 Å². The number of aromatic nitrogens is 2. The first kappa shape index (κ1) is 15.8. The van der Waals surface area contributed by atoms with E-state index in [2.05, 4.69) is 18.9 Å². The van der Waals surface area contributed by atoms with Crippen LogP contribution in [0.1, 0.15) is 37.2 Å². The molecule has 2 atom stereocenters. The largest absolute Gasteiger partial charge is 0.493 e. The molecule has 0 spiro atoms. The lowest BCUT2D eigenvalue weighted by Crippen LogP contribution is -2.34. The number of aryl methyl sites for hydroxylation is 1. The van der Waals surface area contributed by atoms with Gasteiger partial charge >= 0.3 is 0 Å². The molecule has 0 aromatic carbocycles. The van der Waals surface area contributed by atoms with E-state index in [1.165, 1.54) is 0 Å². The molecular weight excluding hydrogens is 292 g/mol. The van der Waals surface area contributed by atoms with Crippen molar-refractivity contribution in [2.45, 2.75) is 43.7 Å². The molecule has 1 aromatic rings. The third-order valence-electron chi connectivity index (χ3n) is 3.41. The van der Waals surface area contributed by atoms with Crippen molar-refractivity contribution in [3.05, 3.63) is 11.9 Å². The molecule has 1 aliphatic rings. The molecule has 2 rings (SSSR count). The van der Waals surface area contributed by atoms with E-state index in [1.54, 1.807) is 29.8 Å². The van der Waals surface area contributed by atoms with Crippen molar-refractivity contribution in [2.24, 2.45) is 0 Å². The molecule has 4 nitrogen and oxygen atoms in total. The fraction of sp³-hybridized carbons (Fsp3) is 0.714. The zero-order valence-electron chi connectivity index (χ0n) is 12.3. The maximum Gasteiger partial charge on any atom is 0.198 e. The summed E-state index contributed by atoms with van der Waals surface area (Å²) in [7, 11) is 1.60. The number of carbonyl (C=O) groups is 1. The second-order valence-corrected chi connectivity index (χ2v) is 7.35. The molecule has 1 aromatic heterocycles. The summed E-state index contributed by atoms with van der Waals surface area (Å²) in [5.74, 6) is 2.96. The lowest BCUT2D eigenvalue weighted by atomic mass is 10.1. The fourth-order valence-corrected chi connectivity index (χ4v) is 5.43. The molecular formula is C14H22N2O2S2. The Labute approximate surface area is 129 Å². The van der Waals surface area contributed by atoms with Crippen LogP contribution in [0.25, 0.3) is 0 Å². The SMILES string of the molecule is CCCn1ncc(OC)c1C(=O)C1SCCSC1CC. The molecule has 1 fully saturated rings. The highest BCUT2D eigenvalue weighted by Crippen LogP contribution is 2.36. The highest BCUT2D eigenvalue weighted by molar-refractivity contribution is 8.07. The maximum absolute atomic E-state index is 12.9. The number of ether oxygens (including phenoxy) is 1. The number of Topliss-reactive ketones (excluding diaryl/α,β-unsaturated/α-hetero) is 1. The van der Waals surface area contributed by atoms with Gasteiger partial charge in [0.2, 0.25) is 0 Å². The number of methoxy groups -OCH3 is 1. The van der Waals surface area contributed by atoms with Gasteiger partial charge in [0, 0.05) is 23.3 Å². The van der Waals surface area contributed by atoms with E-state index in [-0.39, 0.29) is 11.0 Å². The summed E-state index contributed by atoms with van der Waals surface area (Å²) in [6.45, 7) is 5.00. The lowest BCUT2D eigenvalue weighted by molar-refractivity contribution is 0.0974. The maximum atomic E-state index is 12.9. The summed E-state index contributed by atoms with van der Waals surface area (Å²) >= 11 is 3.70. The topological polar surface area (TPSA) is 44.1 Å². The van der Waals surface area contributed by atoms with Gasteiger partial charge in [-0.2, -0.15) is 16.9 Å². The highest BCUT2D eigenvalue weighted by atomic mass is 32.2. The van der Waals surface area contributed by atoms with Crippen molar-refractivity contribution < 1.29 is 9.53 Å². The first-order valence-corrected chi connectivity index (χ1v) is 9.19. The summed E-state index contributed by atoms with van der Waals surface area (Å²) in [5.41, 5.74) is 0.646. The van der Waals surface area contributed by atoms with Gasteiger partial charge < -0.3 is 4.74 Å². The number of thioether (sulfide) groups is 2. The Morgan fingerprint density at radius 2 is 2.20 bits per heavy atom. The molecule has 0 radical (unpaired) electrons. The zero-order chi connectivity index (χ0) is 14.5. The molecule has 6 heteroatoms. The standard InChI is InChI=1S/C14H22N2O2S2/c1-4-6-16-12(10(18-3)9-15-16)13(17)14-11(5-2)19-7-8-20-14/h9,11,14H,4-8H2,1-3H3. The molecule has 0 amide bonds. The predicted molar refractivity (Wildman–Crippen MR) is 86.2 cm³/mol. The van der Waals surface area contributed by atoms with Crippen molar-refractivity contribution in [3.63, 3.8) is 0 Å². The summed E-state index contributed by atoms with van der Waals surface area (Å²) in [6.07, 6.45) is 3.64. The van der Waals surface area contributed by atoms with Crippen LogP contribution in [0.2, 0.25) is 0 Å². The fourth-order valence-electron chi connectivity index (χ4n) is 2.43. The van der Waals surface area contributed by atoms with Crippen LogP contribution >= 0.6 is 23.5 Å². The smallest absolute Gasteiger partial charge is 0.198 e. The van der Waals surface area contributed by atoms with Gasteiger partial charge in [-0.05, 0) is 12.8 Å². The van der Waals surface area contributed by atoms with Gasteiger partial charge in [0.25, 0.3) is 0 Å². The molecule has 2 unspecified atom stereocenters. The van der Waals surface area contributed by atoms with E-state index in [0.29, 0.717) is 16.7 Å². The van der Waals surface area contributed by atoms with Crippen LogP contribution in [0.4, 0.5) is 0 Å². The van der Waals surface area contributed by atoms with Crippen LogP contribution < -0.4 is 4.74 Å². The average Bonchev–Trinajstić information content (AvgIpc) is 2.89. The number of carbonyl (C=O) groups excluding carboxylic acids is 1. The normalized spacial score (nSPS) is 22.8. The van der Waals surface area contributed by atoms with Crippen molar-refractivity contribution in [2.75, 3.05) is 18.6 Å². The number of hydrogen-bond donors (Lipinski definition) is 0. The van der Waals surface area contributed by atoms with E-state index in [0.717, 1.165) is 30.9 Å². The minimum Gasteiger partial charge on any atom is -0.493 e. The number of nitrogens with zero attached hydrogens (tertiary/aromatic N) is 2. The van der Waals surface area contributed by atoms with Gasteiger partial charge in [-0.15, -0.1) is 11.8 Å². The Kier molecular flexibility index (Phi) is 5.84. The van der Waals surface area contributed by atoms with E-state index >= 15 is 0 Å². The van der Waals surface area contributed by atoms with Crippen LogP contribution in [0, 0.1) is 0 Å². The second-order valence-electron chi connectivity index (χ2n) is 4.76. The zero-order valence-corrected chi connectivity index (χ0v) is 13.9. The first-order chi connectivity index (χ1) is 9.72. The molecule has 2 heterocycles. The Morgan fingerprint density at radius 1 is 1.45 bits per heavy atom. The quantitative estimate of drug-likeness (QED) is 0.755. The van der Waals surface area contributed by atoms with Crippen molar-refractivity contribution >= 4 is 29.3 Å². The summed E-state index contributed by atoms with van der Waals surface area (Å²) < 4.78 is 7.13. The summed E-state index contributed by atoms with van der Waals surface area (Å²) in [5, 5.41) is 4.73. The molecule has 0 N–H and O–H groups in total. The van der Waals surface area contributed by atoms with Gasteiger partial charge in [-0.25, -0.2) is 0 Å². The van der Waals surface area contributed by atoms with E-state index in [9.17, 15) is 4.79 Å². The van der Waals surface area contributed by atoms with E-state index < -0.39 is 0 Å². The lowest BCUT2D eigenvalue weighted by Gasteiger charge is -2.28. The Hall–Kier alpha value is -0.620.